The zero-order valence-electron chi connectivity index (χ0n) is 8.40. The average molecular weight is 249 g/mol. The number of nitriles is 1. The van der Waals surface area contributed by atoms with Crippen molar-refractivity contribution in [3.05, 3.63) is 51.2 Å². The summed E-state index contributed by atoms with van der Waals surface area (Å²) in [6.07, 6.45) is 0. The Kier molecular flexibility index (Phi) is 3.45. The Bertz CT molecular complexity index is 514. The van der Waals surface area contributed by atoms with Gasteiger partial charge in [-0.1, -0.05) is 11.6 Å². The number of hydrogen-bond donors (Lipinski definition) is 1. The van der Waals surface area contributed by atoms with E-state index in [4.69, 9.17) is 16.9 Å². The molecule has 1 aromatic carbocycles. The van der Waals surface area contributed by atoms with Gasteiger partial charge in [-0.25, -0.2) is 0 Å². The van der Waals surface area contributed by atoms with Crippen molar-refractivity contribution in [3.63, 3.8) is 0 Å². The number of thiophene rings is 1. The smallest absolute Gasteiger partial charge is 0.101 e. The first kappa shape index (κ1) is 11.0. The van der Waals surface area contributed by atoms with Crippen LogP contribution in [0.5, 0.6) is 0 Å². The molecule has 0 aliphatic rings. The van der Waals surface area contributed by atoms with Crippen molar-refractivity contribution < 1.29 is 0 Å². The predicted molar refractivity (Wildman–Crippen MR) is 67.8 cm³/mol. The first-order chi connectivity index (χ1) is 7.79. The number of halogens is 1. The Morgan fingerprint density at radius 2 is 2.25 bits per heavy atom. The maximum Gasteiger partial charge on any atom is 0.101 e. The molecule has 1 aromatic heterocycles. The predicted octanol–water partition coefficient (Wildman–Crippen LogP) is 3.89. The van der Waals surface area contributed by atoms with Gasteiger partial charge >= 0.3 is 0 Å². The van der Waals surface area contributed by atoms with Gasteiger partial charge in [0, 0.05) is 12.2 Å². The lowest BCUT2D eigenvalue weighted by atomic mass is 10.2. The topological polar surface area (TPSA) is 35.8 Å². The normalized spacial score (nSPS) is 9.75. The summed E-state index contributed by atoms with van der Waals surface area (Å²) in [5, 5.41) is 16.7. The maximum absolute atomic E-state index is 8.83. The Morgan fingerprint density at radius 3 is 2.94 bits per heavy atom. The Labute approximate surface area is 103 Å². The van der Waals surface area contributed by atoms with Crippen molar-refractivity contribution in [1.29, 1.82) is 5.26 Å². The van der Waals surface area contributed by atoms with E-state index in [1.165, 1.54) is 5.56 Å². The van der Waals surface area contributed by atoms with E-state index in [0.29, 0.717) is 10.6 Å². The molecular formula is C12H9ClN2S. The van der Waals surface area contributed by atoms with Gasteiger partial charge < -0.3 is 5.32 Å². The molecule has 0 bridgehead atoms. The van der Waals surface area contributed by atoms with E-state index in [-0.39, 0.29) is 0 Å². The molecule has 0 saturated heterocycles. The summed E-state index contributed by atoms with van der Waals surface area (Å²) < 4.78 is 0. The van der Waals surface area contributed by atoms with Crippen LogP contribution in [0, 0.1) is 11.3 Å². The van der Waals surface area contributed by atoms with Crippen molar-refractivity contribution in [3.8, 4) is 6.07 Å². The summed E-state index contributed by atoms with van der Waals surface area (Å²) in [5.41, 5.74) is 2.64. The van der Waals surface area contributed by atoms with E-state index in [1.807, 2.05) is 11.4 Å². The average Bonchev–Trinajstić information content (AvgIpc) is 2.81. The molecule has 0 amide bonds. The molecule has 0 aliphatic heterocycles. The van der Waals surface area contributed by atoms with Crippen LogP contribution < -0.4 is 5.32 Å². The molecule has 0 aliphatic carbocycles. The second-order valence-electron chi connectivity index (χ2n) is 3.29. The molecule has 0 unspecified atom stereocenters. The molecule has 0 spiro atoms. The number of nitrogens with one attached hydrogen (secondary N) is 1. The van der Waals surface area contributed by atoms with Gasteiger partial charge in [-0.05, 0) is 40.6 Å². The summed E-state index contributed by atoms with van der Waals surface area (Å²) >= 11 is 7.52. The molecule has 0 saturated carbocycles. The summed E-state index contributed by atoms with van der Waals surface area (Å²) in [4.78, 5) is 0. The summed E-state index contributed by atoms with van der Waals surface area (Å²) in [5.74, 6) is 0. The standard InChI is InChI=1S/C12H9ClN2S/c13-12-2-1-11(5-10(12)6-14)15-7-9-3-4-16-8-9/h1-5,8,15H,7H2. The van der Waals surface area contributed by atoms with E-state index in [0.717, 1.165) is 12.2 Å². The van der Waals surface area contributed by atoms with Crippen LogP contribution in [0.3, 0.4) is 0 Å². The lowest BCUT2D eigenvalue weighted by Gasteiger charge is -2.05. The molecule has 1 heterocycles. The minimum absolute atomic E-state index is 0.489. The molecule has 80 valence electrons. The van der Waals surface area contributed by atoms with Gasteiger partial charge in [0.2, 0.25) is 0 Å². The second-order valence-corrected chi connectivity index (χ2v) is 4.48. The monoisotopic (exact) mass is 248 g/mol. The van der Waals surface area contributed by atoms with Crippen LogP contribution in [-0.4, -0.2) is 0 Å². The van der Waals surface area contributed by atoms with Gasteiger partial charge in [0.1, 0.15) is 6.07 Å². The molecule has 0 fully saturated rings. The molecule has 16 heavy (non-hydrogen) atoms. The molecule has 4 heteroatoms. The lowest BCUT2D eigenvalue weighted by Crippen LogP contribution is -1.98. The fourth-order valence-corrected chi connectivity index (χ4v) is 2.15. The van der Waals surface area contributed by atoms with E-state index >= 15 is 0 Å². The molecular weight excluding hydrogens is 240 g/mol. The SMILES string of the molecule is N#Cc1cc(NCc2ccsc2)ccc1Cl. The van der Waals surface area contributed by atoms with Crippen LogP contribution in [-0.2, 0) is 6.54 Å². The zero-order valence-corrected chi connectivity index (χ0v) is 9.98. The highest BCUT2D eigenvalue weighted by atomic mass is 35.5. The summed E-state index contributed by atoms with van der Waals surface area (Å²) in [7, 11) is 0. The lowest BCUT2D eigenvalue weighted by molar-refractivity contribution is 1.16. The number of nitrogens with zero attached hydrogens (tertiary/aromatic N) is 1. The van der Waals surface area contributed by atoms with Crippen molar-refractivity contribution in [1.82, 2.24) is 0 Å². The van der Waals surface area contributed by atoms with E-state index in [2.05, 4.69) is 22.8 Å². The van der Waals surface area contributed by atoms with Crippen LogP contribution in [0.15, 0.2) is 35.0 Å². The van der Waals surface area contributed by atoms with Crippen molar-refractivity contribution in [2.24, 2.45) is 0 Å². The van der Waals surface area contributed by atoms with Crippen molar-refractivity contribution >= 4 is 28.6 Å². The fraction of sp³-hybridized carbons (Fsp3) is 0.0833. The fourth-order valence-electron chi connectivity index (χ4n) is 1.32. The van der Waals surface area contributed by atoms with Gasteiger partial charge in [0.15, 0.2) is 0 Å². The summed E-state index contributed by atoms with van der Waals surface area (Å²) in [6.45, 7) is 0.760. The molecule has 0 radical (unpaired) electrons. The van der Waals surface area contributed by atoms with E-state index < -0.39 is 0 Å². The van der Waals surface area contributed by atoms with Crippen LogP contribution in [0.2, 0.25) is 5.02 Å². The third kappa shape index (κ3) is 2.54. The van der Waals surface area contributed by atoms with Crippen molar-refractivity contribution in [2.45, 2.75) is 6.54 Å². The Balaban J connectivity index is 2.08. The Morgan fingerprint density at radius 1 is 1.38 bits per heavy atom. The third-order valence-electron chi connectivity index (χ3n) is 2.16. The molecule has 0 atom stereocenters. The highest BCUT2D eigenvalue weighted by molar-refractivity contribution is 7.07. The third-order valence-corrected chi connectivity index (χ3v) is 3.23. The second kappa shape index (κ2) is 5.02. The number of benzene rings is 1. The van der Waals surface area contributed by atoms with Gasteiger partial charge in [-0.15, -0.1) is 0 Å². The quantitative estimate of drug-likeness (QED) is 0.895. The Hall–Kier alpha value is -1.50. The van der Waals surface area contributed by atoms with Crippen molar-refractivity contribution in [2.75, 3.05) is 5.32 Å². The van der Waals surface area contributed by atoms with Crippen LogP contribution in [0.1, 0.15) is 11.1 Å². The van der Waals surface area contributed by atoms with Gasteiger partial charge in [-0.2, -0.15) is 16.6 Å². The highest BCUT2D eigenvalue weighted by Crippen LogP contribution is 2.20. The molecule has 2 aromatic rings. The van der Waals surface area contributed by atoms with Gasteiger partial charge in [0.05, 0.1) is 10.6 Å². The number of hydrogen-bond acceptors (Lipinski definition) is 3. The molecule has 2 rings (SSSR count). The first-order valence-corrected chi connectivity index (χ1v) is 6.06. The summed E-state index contributed by atoms with van der Waals surface area (Å²) in [6, 6.07) is 9.49. The van der Waals surface area contributed by atoms with Crippen LogP contribution >= 0.6 is 22.9 Å². The highest BCUT2D eigenvalue weighted by Gasteiger charge is 2.01. The van der Waals surface area contributed by atoms with Crippen LogP contribution in [0.25, 0.3) is 0 Å². The minimum atomic E-state index is 0.489. The molecule has 2 nitrogen and oxygen atoms in total. The van der Waals surface area contributed by atoms with E-state index in [1.54, 1.807) is 23.5 Å². The largest absolute Gasteiger partial charge is 0.381 e. The minimum Gasteiger partial charge on any atom is -0.381 e. The van der Waals surface area contributed by atoms with E-state index in [9.17, 15) is 0 Å². The maximum atomic E-state index is 8.83. The van der Waals surface area contributed by atoms with Crippen LogP contribution in [0.4, 0.5) is 5.69 Å². The molecule has 1 N–H and O–H groups in total. The van der Waals surface area contributed by atoms with Gasteiger partial charge in [0.25, 0.3) is 0 Å². The number of rotatable bonds is 3. The number of anilines is 1. The first-order valence-electron chi connectivity index (χ1n) is 4.74. The zero-order chi connectivity index (χ0) is 11.4. The van der Waals surface area contributed by atoms with Gasteiger partial charge in [-0.3, -0.25) is 0 Å².